The molecule has 0 radical (unpaired) electrons. The van der Waals surface area contributed by atoms with Gasteiger partial charge < -0.3 is 10.6 Å². The molecule has 0 unspecified atom stereocenters. The molecule has 0 aliphatic rings. The first-order chi connectivity index (χ1) is 10.6. The van der Waals surface area contributed by atoms with Crippen LogP contribution in [0.15, 0.2) is 61.2 Å². The third-order valence-corrected chi connectivity index (χ3v) is 3.07. The van der Waals surface area contributed by atoms with E-state index in [2.05, 4.69) is 17.2 Å². The molecule has 0 saturated heterocycles. The van der Waals surface area contributed by atoms with Crippen LogP contribution < -0.4 is 10.6 Å². The van der Waals surface area contributed by atoms with Gasteiger partial charge in [-0.25, -0.2) is 0 Å². The maximum atomic E-state index is 12.3. The summed E-state index contributed by atoms with van der Waals surface area (Å²) in [6.07, 6.45) is 1.60. The number of aryl methyl sites for hydroxylation is 1. The monoisotopic (exact) mass is 294 g/mol. The second kappa shape index (κ2) is 7.22. The van der Waals surface area contributed by atoms with E-state index in [1.54, 1.807) is 30.3 Å². The number of anilines is 1. The van der Waals surface area contributed by atoms with E-state index in [9.17, 15) is 9.59 Å². The molecule has 22 heavy (non-hydrogen) atoms. The highest BCUT2D eigenvalue weighted by Gasteiger charge is 2.10. The average Bonchev–Trinajstić information content (AvgIpc) is 2.52. The van der Waals surface area contributed by atoms with Crippen molar-refractivity contribution >= 4 is 17.5 Å². The molecular weight excluding hydrogens is 276 g/mol. The summed E-state index contributed by atoms with van der Waals surface area (Å²) >= 11 is 0. The quantitative estimate of drug-likeness (QED) is 0.832. The molecule has 4 nitrogen and oxygen atoms in total. The van der Waals surface area contributed by atoms with E-state index in [1.807, 2.05) is 31.2 Å². The van der Waals surface area contributed by atoms with Crippen molar-refractivity contribution < 1.29 is 9.59 Å². The van der Waals surface area contributed by atoms with Crippen LogP contribution in [0, 0.1) is 6.92 Å². The predicted octanol–water partition coefficient (Wildman–Crippen LogP) is 3.16. The van der Waals surface area contributed by atoms with Crippen LogP contribution in [0.3, 0.4) is 0 Å². The molecule has 2 aromatic carbocycles. The van der Waals surface area contributed by atoms with E-state index in [0.717, 1.165) is 11.3 Å². The van der Waals surface area contributed by atoms with E-state index in [-0.39, 0.29) is 11.8 Å². The zero-order chi connectivity index (χ0) is 15.9. The SMILES string of the molecule is C=CCNC(=O)c1cccc(C(=O)Nc2cccc(C)c2)c1. The van der Waals surface area contributed by atoms with Crippen LogP contribution in [0.5, 0.6) is 0 Å². The van der Waals surface area contributed by atoms with Gasteiger partial charge in [0.05, 0.1) is 0 Å². The Morgan fingerprint density at radius 3 is 2.41 bits per heavy atom. The van der Waals surface area contributed by atoms with E-state index < -0.39 is 0 Å². The van der Waals surface area contributed by atoms with Gasteiger partial charge in [0.2, 0.25) is 0 Å². The van der Waals surface area contributed by atoms with Crippen molar-refractivity contribution in [3.63, 3.8) is 0 Å². The smallest absolute Gasteiger partial charge is 0.255 e. The summed E-state index contributed by atoms with van der Waals surface area (Å²) in [6.45, 7) is 5.89. The molecule has 0 heterocycles. The Kier molecular flexibility index (Phi) is 5.09. The van der Waals surface area contributed by atoms with E-state index >= 15 is 0 Å². The van der Waals surface area contributed by atoms with Crippen LogP contribution in [0.2, 0.25) is 0 Å². The van der Waals surface area contributed by atoms with Crippen molar-refractivity contribution in [1.82, 2.24) is 5.32 Å². The molecule has 0 bridgehead atoms. The Bertz CT molecular complexity index is 708. The van der Waals surface area contributed by atoms with Gasteiger partial charge in [0, 0.05) is 23.4 Å². The summed E-state index contributed by atoms with van der Waals surface area (Å²) in [5, 5.41) is 5.50. The Morgan fingerprint density at radius 1 is 1.05 bits per heavy atom. The highest BCUT2D eigenvalue weighted by atomic mass is 16.2. The van der Waals surface area contributed by atoms with Crippen molar-refractivity contribution in [2.45, 2.75) is 6.92 Å². The van der Waals surface area contributed by atoms with E-state index in [0.29, 0.717) is 17.7 Å². The largest absolute Gasteiger partial charge is 0.349 e. The molecule has 0 fully saturated rings. The predicted molar refractivity (Wildman–Crippen MR) is 88.1 cm³/mol. The number of benzene rings is 2. The summed E-state index contributed by atoms with van der Waals surface area (Å²) in [7, 11) is 0. The summed E-state index contributed by atoms with van der Waals surface area (Å²) in [4.78, 5) is 24.1. The third kappa shape index (κ3) is 4.06. The highest BCUT2D eigenvalue weighted by molar-refractivity contribution is 6.06. The summed E-state index contributed by atoms with van der Waals surface area (Å²) in [5.41, 5.74) is 2.67. The number of nitrogens with one attached hydrogen (secondary N) is 2. The van der Waals surface area contributed by atoms with E-state index in [4.69, 9.17) is 0 Å². The Morgan fingerprint density at radius 2 is 1.73 bits per heavy atom. The first kappa shape index (κ1) is 15.5. The summed E-state index contributed by atoms with van der Waals surface area (Å²) < 4.78 is 0. The van der Waals surface area contributed by atoms with Gasteiger partial charge in [-0.2, -0.15) is 0 Å². The second-order valence-corrected chi connectivity index (χ2v) is 4.90. The second-order valence-electron chi connectivity index (χ2n) is 4.90. The topological polar surface area (TPSA) is 58.2 Å². The molecule has 0 aliphatic heterocycles. The molecule has 2 N–H and O–H groups in total. The molecule has 4 heteroatoms. The van der Waals surface area contributed by atoms with Crippen LogP contribution >= 0.6 is 0 Å². The molecule has 112 valence electrons. The first-order valence-corrected chi connectivity index (χ1v) is 6.97. The zero-order valence-corrected chi connectivity index (χ0v) is 12.4. The Labute approximate surface area is 129 Å². The van der Waals surface area contributed by atoms with Crippen molar-refractivity contribution in [2.75, 3.05) is 11.9 Å². The normalized spacial score (nSPS) is 9.86. The molecular formula is C18H18N2O2. The first-order valence-electron chi connectivity index (χ1n) is 6.97. The standard InChI is InChI=1S/C18H18N2O2/c1-3-10-19-17(21)14-7-5-8-15(12-14)18(22)20-16-9-4-6-13(2)11-16/h3-9,11-12H,1,10H2,2H3,(H,19,21)(H,20,22). The lowest BCUT2D eigenvalue weighted by Crippen LogP contribution is -2.23. The molecule has 2 aromatic rings. The lowest BCUT2D eigenvalue weighted by Gasteiger charge is -2.08. The van der Waals surface area contributed by atoms with Crippen molar-refractivity contribution in [3.8, 4) is 0 Å². The number of amides is 2. The fourth-order valence-corrected chi connectivity index (χ4v) is 1.99. The molecule has 0 atom stereocenters. The molecule has 0 aromatic heterocycles. The van der Waals surface area contributed by atoms with Crippen LogP contribution in [-0.2, 0) is 0 Å². The summed E-state index contributed by atoms with van der Waals surface area (Å²) in [6, 6.07) is 14.2. The van der Waals surface area contributed by atoms with Crippen molar-refractivity contribution in [2.24, 2.45) is 0 Å². The molecule has 0 saturated carbocycles. The minimum absolute atomic E-state index is 0.231. The number of hydrogen-bond donors (Lipinski definition) is 2. The van der Waals surface area contributed by atoms with Crippen LogP contribution in [0.1, 0.15) is 26.3 Å². The van der Waals surface area contributed by atoms with Gasteiger partial charge in [0.25, 0.3) is 11.8 Å². The van der Waals surface area contributed by atoms with Gasteiger partial charge in [-0.3, -0.25) is 9.59 Å². The third-order valence-electron chi connectivity index (χ3n) is 3.07. The van der Waals surface area contributed by atoms with Gasteiger partial charge in [-0.05, 0) is 42.8 Å². The van der Waals surface area contributed by atoms with Crippen LogP contribution in [-0.4, -0.2) is 18.4 Å². The number of carbonyl (C=O) groups is 2. The van der Waals surface area contributed by atoms with E-state index in [1.165, 1.54) is 0 Å². The van der Waals surface area contributed by atoms with Crippen LogP contribution in [0.25, 0.3) is 0 Å². The minimum Gasteiger partial charge on any atom is -0.349 e. The highest BCUT2D eigenvalue weighted by Crippen LogP contribution is 2.12. The molecule has 2 rings (SSSR count). The lowest BCUT2D eigenvalue weighted by molar-refractivity contribution is 0.0958. The fraction of sp³-hybridized carbons (Fsp3) is 0.111. The maximum absolute atomic E-state index is 12.3. The Balaban J connectivity index is 2.13. The molecule has 0 aliphatic carbocycles. The summed E-state index contributed by atoms with van der Waals surface area (Å²) in [5.74, 6) is -0.478. The van der Waals surface area contributed by atoms with Gasteiger partial charge in [0.1, 0.15) is 0 Å². The minimum atomic E-state index is -0.246. The van der Waals surface area contributed by atoms with Crippen LogP contribution in [0.4, 0.5) is 5.69 Å². The number of carbonyl (C=O) groups excluding carboxylic acids is 2. The lowest BCUT2D eigenvalue weighted by atomic mass is 10.1. The number of hydrogen-bond acceptors (Lipinski definition) is 2. The van der Waals surface area contributed by atoms with Gasteiger partial charge >= 0.3 is 0 Å². The Hall–Kier alpha value is -2.88. The fourth-order valence-electron chi connectivity index (χ4n) is 1.99. The van der Waals surface area contributed by atoms with Gasteiger partial charge in [-0.1, -0.05) is 24.3 Å². The van der Waals surface area contributed by atoms with Gasteiger partial charge in [0.15, 0.2) is 0 Å². The zero-order valence-electron chi connectivity index (χ0n) is 12.4. The number of rotatable bonds is 5. The molecule has 2 amide bonds. The maximum Gasteiger partial charge on any atom is 0.255 e. The average molecular weight is 294 g/mol. The van der Waals surface area contributed by atoms with Crippen molar-refractivity contribution in [1.29, 1.82) is 0 Å². The molecule has 0 spiro atoms. The van der Waals surface area contributed by atoms with Crippen molar-refractivity contribution in [3.05, 3.63) is 77.9 Å². The van der Waals surface area contributed by atoms with Gasteiger partial charge in [-0.15, -0.1) is 6.58 Å².